The number of benzene rings is 2. The van der Waals surface area contributed by atoms with E-state index in [4.69, 9.17) is 4.42 Å². The summed E-state index contributed by atoms with van der Waals surface area (Å²) < 4.78 is 73.5. The second kappa shape index (κ2) is 11.7. The third-order valence-electron chi connectivity index (χ3n) is 6.12. The summed E-state index contributed by atoms with van der Waals surface area (Å²) in [5.41, 5.74) is 0.305. The lowest BCUT2D eigenvalue weighted by Gasteiger charge is -2.13. The molecule has 4 rings (SSSR count). The number of alkyl halides is 3. The second-order valence-electron chi connectivity index (χ2n) is 8.87. The van der Waals surface area contributed by atoms with E-state index in [9.17, 15) is 31.5 Å². The maximum atomic E-state index is 14.6. The normalized spacial score (nSPS) is 11.4. The molecule has 0 fully saturated rings. The van der Waals surface area contributed by atoms with Crippen LogP contribution in [0.1, 0.15) is 39.3 Å². The van der Waals surface area contributed by atoms with Crippen LogP contribution in [0.2, 0.25) is 0 Å². The highest BCUT2D eigenvalue weighted by molar-refractivity contribution is 6.11. The van der Waals surface area contributed by atoms with Crippen molar-refractivity contribution in [1.29, 1.82) is 0 Å². The van der Waals surface area contributed by atoms with Gasteiger partial charge in [0, 0.05) is 31.1 Å². The van der Waals surface area contributed by atoms with Gasteiger partial charge in [0.1, 0.15) is 17.4 Å². The molecule has 11 heteroatoms. The van der Waals surface area contributed by atoms with Gasteiger partial charge in [0.2, 0.25) is 5.71 Å². The van der Waals surface area contributed by atoms with E-state index in [1.165, 1.54) is 49.5 Å². The van der Waals surface area contributed by atoms with Crippen molar-refractivity contribution in [1.82, 2.24) is 15.6 Å². The standard InChI is InChI=1S/C29H24F5N3O3/c1-3-4-13-36-26(38)20-14-17(7-10-22(20)31)19-15-21-24(27(39)35-2)25(16-5-8-18(30)9-6-16)40-28(21)37-23(19)11-12-29(32,33)34/h3,5-10,14-15H,1,4,11-13H2,2H3,(H,35,39)(H,36,38). The predicted octanol–water partition coefficient (Wildman–Crippen LogP) is 6.60. The molecule has 2 aromatic carbocycles. The summed E-state index contributed by atoms with van der Waals surface area (Å²) in [5.74, 6) is -2.58. The largest absolute Gasteiger partial charge is 0.437 e. The highest BCUT2D eigenvalue weighted by atomic mass is 19.4. The Hall–Kier alpha value is -4.54. The van der Waals surface area contributed by atoms with Gasteiger partial charge in [-0.1, -0.05) is 12.1 Å². The van der Waals surface area contributed by atoms with Crippen molar-refractivity contribution in [2.45, 2.75) is 25.4 Å². The third kappa shape index (κ3) is 6.19. The number of furan rings is 1. The van der Waals surface area contributed by atoms with E-state index >= 15 is 0 Å². The molecule has 0 spiro atoms. The zero-order chi connectivity index (χ0) is 29.0. The smallest absolute Gasteiger partial charge is 0.389 e. The van der Waals surface area contributed by atoms with Crippen LogP contribution >= 0.6 is 0 Å². The van der Waals surface area contributed by atoms with Crippen molar-refractivity contribution in [2.75, 3.05) is 13.6 Å². The summed E-state index contributed by atoms with van der Waals surface area (Å²) in [6.45, 7) is 3.77. The van der Waals surface area contributed by atoms with Crippen LogP contribution in [-0.2, 0) is 6.42 Å². The fourth-order valence-electron chi connectivity index (χ4n) is 4.16. The lowest BCUT2D eigenvalue weighted by molar-refractivity contribution is -0.134. The van der Waals surface area contributed by atoms with Crippen LogP contribution in [0.25, 0.3) is 33.6 Å². The minimum atomic E-state index is -4.50. The molecule has 2 N–H and O–H groups in total. The first kappa shape index (κ1) is 28.5. The summed E-state index contributed by atoms with van der Waals surface area (Å²) in [6, 6.07) is 10.1. The summed E-state index contributed by atoms with van der Waals surface area (Å²) in [6.07, 6.45) is -4.22. The van der Waals surface area contributed by atoms with Crippen LogP contribution in [0.5, 0.6) is 0 Å². The van der Waals surface area contributed by atoms with Gasteiger partial charge in [-0.3, -0.25) is 9.59 Å². The van der Waals surface area contributed by atoms with Crippen LogP contribution in [0, 0.1) is 11.6 Å². The molecule has 0 aliphatic carbocycles. The Morgan fingerprint density at radius 2 is 1.73 bits per heavy atom. The maximum Gasteiger partial charge on any atom is 0.389 e. The number of hydrogen-bond donors (Lipinski definition) is 2. The molecule has 208 valence electrons. The van der Waals surface area contributed by atoms with E-state index in [0.29, 0.717) is 12.0 Å². The molecular weight excluding hydrogens is 533 g/mol. The van der Waals surface area contributed by atoms with E-state index in [2.05, 4.69) is 22.2 Å². The quantitative estimate of drug-likeness (QED) is 0.138. The summed E-state index contributed by atoms with van der Waals surface area (Å²) in [7, 11) is 1.39. The number of carbonyl (C=O) groups is 2. The molecule has 0 aliphatic rings. The van der Waals surface area contributed by atoms with E-state index in [0.717, 1.165) is 6.07 Å². The van der Waals surface area contributed by atoms with Gasteiger partial charge in [0.25, 0.3) is 11.8 Å². The fourth-order valence-corrected chi connectivity index (χ4v) is 4.16. The number of pyridine rings is 1. The first-order valence-corrected chi connectivity index (χ1v) is 12.2. The minimum Gasteiger partial charge on any atom is -0.437 e. The summed E-state index contributed by atoms with van der Waals surface area (Å²) >= 11 is 0. The zero-order valence-electron chi connectivity index (χ0n) is 21.3. The minimum absolute atomic E-state index is 0.0303. The Labute approximate surface area is 225 Å². The SMILES string of the molecule is C=CCCNC(=O)c1cc(-c2cc3c(C(=O)NC)c(-c4ccc(F)cc4)oc3nc2CCC(F)(F)F)ccc1F. The Morgan fingerprint density at radius 3 is 2.38 bits per heavy atom. The molecule has 6 nitrogen and oxygen atoms in total. The van der Waals surface area contributed by atoms with Crippen molar-refractivity contribution in [2.24, 2.45) is 0 Å². The van der Waals surface area contributed by atoms with Crippen LogP contribution in [0.3, 0.4) is 0 Å². The summed E-state index contributed by atoms with van der Waals surface area (Å²) in [4.78, 5) is 29.8. The van der Waals surface area contributed by atoms with Gasteiger partial charge in [-0.2, -0.15) is 13.2 Å². The van der Waals surface area contributed by atoms with Crippen LogP contribution < -0.4 is 10.6 Å². The molecule has 0 saturated heterocycles. The number of fused-ring (bicyclic) bond motifs is 1. The average Bonchev–Trinajstić information content (AvgIpc) is 3.29. The number of halogens is 5. The van der Waals surface area contributed by atoms with Gasteiger partial charge >= 0.3 is 6.18 Å². The van der Waals surface area contributed by atoms with Crippen LogP contribution in [-0.4, -0.2) is 36.6 Å². The van der Waals surface area contributed by atoms with Crippen molar-refractivity contribution in [3.8, 4) is 22.5 Å². The third-order valence-corrected chi connectivity index (χ3v) is 6.12. The Balaban J connectivity index is 1.93. The first-order chi connectivity index (χ1) is 19.0. The molecular formula is C29H24F5N3O3. The number of aromatic nitrogens is 1. The molecule has 4 aromatic rings. The Kier molecular flexibility index (Phi) is 8.32. The highest BCUT2D eigenvalue weighted by Gasteiger charge is 2.29. The molecule has 0 atom stereocenters. The van der Waals surface area contributed by atoms with E-state index in [-0.39, 0.29) is 51.4 Å². The molecule has 0 unspecified atom stereocenters. The first-order valence-electron chi connectivity index (χ1n) is 12.2. The number of rotatable bonds is 9. The topological polar surface area (TPSA) is 84.2 Å². The monoisotopic (exact) mass is 557 g/mol. The number of hydrogen-bond acceptors (Lipinski definition) is 4. The Bertz CT molecular complexity index is 1580. The van der Waals surface area contributed by atoms with E-state index in [1.54, 1.807) is 6.08 Å². The van der Waals surface area contributed by atoms with Gasteiger partial charge in [0.15, 0.2) is 0 Å². The van der Waals surface area contributed by atoms with Crippen molar-refractivity contribution >= 4 is 22.9 Å². The van der Waals surface area contributed by atoms with Crippen molar-refractivity contribution in [3.63, 3.8) is 0 Å². The zero-order valence-corrected chi connectivity index (χ0v) is 21.3. The van der Waals surface area contributed by atoms with Crippen molar-refractivity contribution in [3.05, 3.63) is 89.6 Å². The Morgan fingerprint density at radius 1 is 1.02 bits per heavy atom. The molecule has 2 aromatic heterocycles. The number of nitrogens with one attached hydrogen (secondary N) is 2. The lowest BCUT2D eigenvalue weighted by Crippen LogP contribution is -2.25. The highest BCUT2D eigenvalue weighted by Crippen LogP contribution is 2.37. The predicted molar refractivity (Wildman–Crippen MR) is 140 cm³/mol. The molecule has 2 heterocycles. The van der Waals surface area contributed by atoms with Crippen LogP contribution in [0.15, 0.2) is 65.6 Å². The molecule has 0 aliphatic heterocycles. The summed E-state index contributed by atoms with van der Waals surface area (Å²) in [5, 5.41) is 5.23. The average molecular weight is 558 g/mol. The van der Waals surface area contributed by atoms with E-state index in [1.807, 2.05) is 0 Å². The van der Waals surface area contributed by atoms with Crippen molar-refractivity contribution < 1.29 is 36.0 Å². The molecule has 40 heavy (non-hydrogen) atoms. The van der Waals surface area contributed by atoms with Gasteiger partial charge in [0.05, 0.1) is 22.2 Å². The fraction of sp³-hybridized carbons (Fsp3) is 0.207. The van der Waals surface area contributed by atoms with Gasteiger partial charge in [-0.05, 0) is 60.9 Å². The molecule has 0 saturated carbocycles. The molecule has 0 bridgehead atoms. The molecule has 2 amide bonds. The number of carbonyl (C=O) groups excluding carboxylic acids is 2. The van der Waals surface area contributed by atoms with E-state index < -0.39 is 42.5 Å². The number of nitrogens with zero attached hydrogens (tertiary/aromatic N) is 1. The van der Waals surface area contributed by atoms with Crippen LogP contribution in [0.4, 0.5) is 22.0 Å². The second-order valence-corrected chi connectivity index (χ2v) is 8.87. The lowest BCUT2D eigenvalue weighted by atomic mass is 9.96. The maximum absolute atomic E-state index is 14.6. The van der Waals surface area contributed by atoms with Gasteiger partial charge in [-0.25, -0.2) is 13.8 Å². The molecule has 0 radical (unpaired) electrons. The number of amides is 2. The number of aryl methyl sites for hydroxylation is 1. The van der Waals surface area contributed by atoms with Gasteiger partial charge in [-0.15, -0.1) is 6.58 Å². The van der Waals surface area contributed by atoms with Gasteiger partial charge < -0.3 is 15.1 Å².